The molecule has 0 radical (unpaired) electrons. The summed E-state index contributed by atoms with van der Waals surface area (Å²) < 4.78 is 6.84. The molecular weight excluding hydrogens is 284 g/mol. The fourth-order valence-electron chi connectivity index (χ4n) is 1.40. The van der Waals surface area contributed by atoms with Gasteiger partial charge in [0.25, 0.3) is 0 Å². The molecule has 16 heavy (non-hydrogen) atoms. The summed E-state index contributed by atoms with van der Waals surface area (Å²) in [7, 11) is 0. The van der Waals surface area contributed by atoms with Crippen LogP contribution in [0.5, 0.6) is 5.75 Å². The van der Waals surface area contributed by atoms with E-state index in [1.807, 2.05) is 18.2 Å². The van der Waals surface area contributed by atoms with Crippen molar-refractivity contribution in [3.8, 4) is 5.75 Å². The van der Waals surface area contributed by atoms with Gasteiger partial charge in [-0.15, -0.1) is 11.3 Å². The molecule has 0 spiro atoms. The molecule has 0 aliphatic heterocycles. The van der Waals surface area contributed by atoms with Gasteiger partial charge in [0, 0.05) is 4.47 Å². The topological polar surface area (TPSA) is 9.23 Å². The van der Waals surface area contributed by atoms with Gasteiger partial charge in [0.15, 0.2) is 0 Å². The van der Waals surface area contributed by atoms with Crippen molar-refractivity contribution in [1.82, 2.24) is 0 Å². The third-order valence-electron chi connectivity index (χ3n) is 2.39. The molecule has 0 N–H and O–H groups in total. The van der Waals surface area contributed by atoms with Crippen LogP contribution >= 0.6 is 27.3 Å². The number of benzene rings is 1. The van der Waals surface area contributed by atoms with Gasteiger partial charge in [0.1, 0.15) is 12.4 Å². The van der Waals surface area contributed by atoms with Gasteiger partial charge in [0.2, 0.25) is 0 Å². The molecule has 0 unspecified atom stereocenters. The largest absolute Gasteiger partial charge is 0.488 e. The lowest BCUT2D eigenvalue weighted by molar-refractivity contribution is 0.309. The lowest BCUT2D eigenvalue weighted by Gasteiger charge is -2.05. The van der Waals surface area contributed by atoms with Gasteiger partial charge in [0.05, 0.1) is 4.88 Å². The zero-order valence-electron chi connectivity index (χ0n) is 9.07. The highest BCUT2D eigenvalue weighted by Gasteiger charge is 2.02. The number of ether oxygens (including phenoxy) is 1. The number of rotatable bonds is 4. The smallest absolute Gasteiger partial charge is 0.124 e. The molecule has 1 nitrogen and oxygen atoms in total. The maximum Gasteiger partial charge on any atom is 0.124 e. The van der Waals surface area contributed by atoms with Crippen LogP contribution in [0.15, 0.2) is 40.2 Å². The van der Waals surface area contributed by atoms with Crippen LogP contribution in [0.1, 0.15) is 17.4 Å². The van der Waals surface area contributed by atoms with Gasteiger partial charge in [-0.25, -0.2) is 0 Å². The molecule has 0 amide bonds. The first-order chi connectivity index (χ1) is 7.79. The maximum absolute atomic E-state index is 5.71. The van der Waals surface area contributed by atoms with Crippen LogP contribution in [-0.4, -0.2) is 0 Å². The second-order valence-electron chi connectivity index (χ2n) is 3.48. The number of hydrogen-bond acceptors (Lipinski definition) is 2. The van der Waals surface area contributed by atoms with E-state index in [0.29, 0.717) is 6.61 Å². The minimum atomic E-state index is 0.629. The van der Waals surface area contributed by atoms with Crippen molar-refractivity contribution < 1.29 is 4.74 Å². The molecule has 0 bridgehead atoms. The summed E-state index contributed by atoms with van der Waals surface area (Å²) in [6.07, 6.45) is 1.07. The molecule has 0 aliphatic rings. The predicted molar refractivity (Wildman–Crippen MR) is 72.2 cm³/mol. The molecule has 1 aromatic heterocycles. The summed E-state index contributed by atoms with van der Waals surface area (Å²) in [5.74, 6) is 0.928. The van der Waals surface area contributed by atoms with E-state index in [9.17, 15) is 0 Å². The van der Waals surface area contributed by atoms with E-state index in [0.717, 1.165) is 16.6 Å². The zero-order chi connectivity index (χ0) is 11.4. The Kier molecular flexibility index (Phi) is 4.02. The minimum absolute atomic E-state index is 0.629. The molecule has 0 fully saturated rings. The Morgan fingerprint density at radius 3 is 2.50 bits per heavy atom. The van der Waals surface area contributed by atoms with Crippen LogP contribution in [0.2, 0.25) is 0 Å². The predicted octanol–water partition coefficient (Wildman–Crippen LogP) is 4.65. The lowest BCUT2D eigenvalue weighted by Crippen LogP contribution is -1.93. The second kappa shape index (κ2) is 5.51. The summed E-state index contributed by atoms with van der Waals surface area (Å²) in [6.45, 7) is 2.78. The summed E-state index contributed by atoms with van der Waals surface area (Å²) in [5, 5.41) is 2.06. The first-order valence-corrected chi connectivity index (χ1v) is 6.90. The Balaban J connectivity index is 1.97. The van der Waals surface area contributed by atoms with E-state index >= 15 is 0 Å². The van der Waals surface area contributed by atoms with Crippen LogP contribution in [0, 0.1) is 0 Å². The fraction of sp³-hybridized carbons (Fsp3) is 0.231. The third-order valence-corrected chi connectivity index (χ3v) is 4.29. The highest BCUT2D eigenvalue weighted by atomic mass is 79.9. The summed E-state index contributed by atoms with van der Waals surface area (Å²) in [5.41, 5.74) is 1.34. The highest BCUT2D eigenvalue weighted by molar-refractivity contribution is 9.10. The van der Waals surface area contributed by atoms with Gasteiger partial charge in [-0.05, 0) is 51.5 Å². The Morgan fingerprint density at radius 1 is 1.19 bits per heavy atom. The summed E-state index contributed by atoms with van der Waals surface area (Å²) in [6, 6.07) is 10.3. The molecular formula is C13H13BrOS. The fourth-order valence-corrected chi connectivity index (χ4v) is 2.78. The van der Waals surface area contributed by atoms with Gasteiger partial charge >= 0.3 is 0 Å². The van der Waals surface area contributed by atoms with Gasteiger partial charge in [-0.2, -0.15) is 0 Å². The van der Waals surface area contributed by atoms with Crippen molar-refractivity contribution in [1.29, 1.82) is 0 Å². The van der Waals surface area contributed by atoms with Crippen LogP contribution < -0.4 is 4.74 Å². The molecule has 1 aromatic carbocycles. The first-order valence-electron chi connectivity index (χ1n) is 5.23. The molecule has 2 aromatic rings. The summed E-state index contributed by atoms with van der Waals surface area (Å²) >= 11 is 5.20. The van der Waals surface area contributed by atoms with Gasteiger partial charge < -0.3 is 4.74 Å². The Bertz CT molecular complexity index is 447. The quantitative estimate of drug-likeness (QED) is 0.798. The molecule has 84 valence electrons. The van der Waals surface area contributed by atoms with Crippen molar-refractivity contribution in [2.75, 3.05) is 0 Å². The lowest BCUT2D eigenvalue weighted by atomic mass is 10.2. The molecule has 2 rings (SSSR count). The van der Waals surface area contributed by atoms with Crippen molar-refractivity contribution >= 4 is 27.3 Å². The molecule has 0 atom stereocenters. The number of aryl methyl sites for hydroxylation is 1. The van der Waals surface area contributed by atoms with Gasteiger partial charge in [-0.1, -0.05) is 19.1 Å². The van der Waals surface area contributed by atoms with E-state index in [-0.39, 0.29) is 0 Å². The molecule has 3 heteroatoms. The standard InChI is InChI=1S/C13H13BrOS/c1-2-10-3-5-11(6-4-10)15-9-13-12(14)7-8-16-13/h3-8H,2,9H2,1H3. The van der Waals surface area contributed by atoms with E-state index in [1.165, 1.54) is 10.4 Å². The van der Waals surface area contributed by atoms with Crippen molar-refractivity contribution in [2.45, 2.75) is 20.0 Å². The zero-order valence-corrected chi connectivity index (χ0v) is 11.5. The van der Waals surface area contributed by atoms with E-state index in [1.54, 1.807) is 11.3 Å². The molecule has 0 saturated heterocycles. The second-order valence-corrected chi connectivity index (χ2v) is 5.33. The normalized spacial score (nSPS) is 10.4. The Morgan fingerprint density at radius 2 is 1.94 bits per heavy atom. The van der Waals surface area contributed by atoms with Crippen molar-refractivity contribution in [2.24, 2.45) is 0 Å². The highest BCUT2D eigenvalue weighted by Crippen LogP contribution is 2.24. The Labute approximate surface area is 108 Å². The molecule has 0 aliphatic carbocycles. The molecule has 0 saturated carbocycles. The monoisotopic (exact) mass is 296 g/mol. The SMILES string of the molecule is CCc1ccc(OCc2sccc2Br)cc1. The van der Waals surface area contributed by atoms with E-state index in [4.69, 9.17) is 4.74 Å². The average Bonchev–Trinajstić information content (AvgIpc) is 2.73. The average molecular weight is 297 g/mol. The third kappa shape index (κ3) is 2.86. The van der Waals surface area contributed by atoms with Crippen LogP contribution in [0.3, 0.4) is 0 Å². The van der Waals surface area contributed by atoms with Crippen LogP contribution in [0.25, 0.3) is 0 Å². The van der Waals surface area contributed by atoms with E-state index < -0.39 is 0 Å². The Hall–Kier alpha value is -0.800. The maximum atomic E-state index is 5.71. The van der Waals surface area contributed by atoms with Crippen LogP contribution in [0.4, 0.5) is 0 Å². The van der Waals surface area contributed by atoms with Gasteiger partial charge in [-0.3, -0.25) is 0 Å². The minimum Gasteiger partial charge on any atom is -0.488 e. The summed E-state index contributed by atoms with van der Waals surface area (Å²) in [4.78, 5) is 1.22. The van der Waals surface area contributed by atoms with Crippen molar-refractivity contribution in [3.63, 3.8) is 0 Å². The number of thiophene rings is 1. The number of hydrogen-bond donors (Lipinski definition) is 0. The van der Waals surface area contributed by atoms with Crippen molar-refractivity contribution in [3.05, 3.63) is 50.6 Å². The molecule has 1 heterocycles. The van der Waals surface area contributed by atoms with E-state index in [2.05, 4.69) is 40.4 Å². The van der Waals surface area contributed by atoms with Crippen LogP contribution in [-0.2, 0) is 13.0 Å². The first kappa shape index (κ1) is 11.7. The number of halogens is 1.